The van der Waals surface area contributed by atoms with Gasteiger partial charge in [-0.05, 0) is 63.9 Å². The lowest BCUT2D eigenvalue weighted by atomic mass is 10.1. The molecule has 7 heteroatoms. The Kier molecular flexibility index (Phi) is 6.30. The maximum atomic E-state index is 12.8. The molecule has 1 heterocycles. The van der Waals surface area contributed by atoms with Gasteiger partial charge in [0.1, 0.15) is 0 Å². The first kappa shape index (κ1) is 20.4. The molecule has 4 rings (SSSR count). The van der Waals surface area contributed by atoms with Gasteiger partial charge >= 0.3 is 0 Å². The maximum absolute atomic E-state index is 12.8. The van der Waals surface area contributed by atoms with E-state index in [2.05, 4.69) is 43.5 Å². The largest absolute Gasteiger partial charge is 0.321 e. The van der Waals surface area contributed by atoms with Gasteiger partial charge in [-0.1, -0.05) is 60.7 Å². The summed E-state index contributed by atoms with van der Waals surface area (Å²) < 4.78 is 2.38. The zero-order valence-corrected chi connectivity index (χ0v) is 18.7. The van der Waals surface area contributed by atoms with Crippen LogP contribution in [0.2, 0.25) is 0 Å². The fraction of sp³-hybridized carbons (Fsp3) is 0.0870. The van der Waals surface area contributed by atoms with Crippen molar-refractivity contribution in [3.05, 3.63) is 100 Å². The Morgan fingerprint density at radius 3 is 2.50 bits per heavy atom. The second-order valence-corrected chi connectivity index (χ2v) is 8.39. The van der Waals surface area contributed by atoms with E-state index in [1.54, 1.807) is 0 Å². The van der Waals surface area contributed by atoms with Gasteiger partial charge in [0.25, 0.3) is 5.91 Å². The number of aromatic nitrogens is 3. The van der Waals surface area contributed by atoms with Crippen molar-refractivity contribution in [1.29, 1.82) is 0 Å². The molecule has 150 valence electrons. The van der Waals surface area contributed by atoms with E-state index in [9.17, 15) is 4.79 Å². The Morgan fingerprint density at radius 1 is 1.00 bits per heavy atom. The standard InChI is InChI=1S/C23H19BrN4OS/c1-16-9-5-6-12-18(16)21(29)25-19-13-7-8-14-20(19)30-23-26-22(24)27-28(23)15-17-10-3-2-4-11-17/h2-14H,15H2,1H3,(H,25,29). The van der Waals surface area contributed by atoms with Crippen LogP contribution in [0, 0.1) is 6.92 Å². The third-order valence-electron chi connectivity index (χ3n) is 4.51. The first-order chi connectivity index (χ1) is 14.6. The van der Waals surface area contributed by atoms with Crippen molar-refractivity contribution in [3.8, 4) is 0 Å². The topological polar surface area (TPSA) is 59.8 Å². The summed E-state index contributed by atoms with van der Waals surface area (Å²) in [5.41, 5.74) is 3.47. The van der Waals surface area contributed by atoms with Crippen molar-refractivity contribution < 1.29 is 4.79 Å². The van der Waals surface area contributed by atoms with Crippen molar-refractivity contribution >= 4 is 39.3 Å². The third-order valence-corrected chi connectivity index (χ3v) is 5.91. The summed E-state index contributed by atoms with van der Waals surface area (Å²) in [4.78, 5) is 18.2. The lowest BCUT2D eigenvalue weighted by molar-refractivity contribution is 0.102. The van der Waals surface area contributed by atoms with Gasteiger partial charge in [-0.3, -0.25) is 4.79 Å². The summed E-state index contributed by atoms with van der Waals surface area (Å²) in [6, 6.07) is 25.4. The Labute approximate surface area is 187 Å². The number of benzene rings is 3. The smallest absolute Gasteiger partial charge is 0.255 e. The number of nitrogens with zero attached hydrogens (tertiary/aromatic N) is 3. The third kappa shape index (κ3) is 4.80. The van der Waals surface area contributed by atoms with Crippen LogP contribution in [0.15, 0.2) is 93.6 Å². The summed E-state index contributed by atoms with van der Waals surface area (Å²) in [7, 11) is 0. The molecule has 0 unspecified atom stereocenters. The average Bonchev–Trinajstić information content (AvgIpc) is 3.09. The van der Waals surface area contributed by atoms with Gasteiger partial charge in [0.2, 0.25) is 4.73 Å². The normalized spacial score (nSPS) is 10.7. The van der Waals surface area contributed by atoms with Crippen molar-refractivity contribution in [2.24, 2.45) is 0 Å². The number of amides is 1. The van der Waals surface area contributed by atoms with Crippen LogP contribution in [0.4, 0.5) is 5.69 Å². The van der Waals surface area contributed by atoms with Crippen LogP contribution in [-0.4, -0.2) is 20.7 Å². The number of halogens is 1. The number of aryl methyl sites for hydroxylation is 1. The molecule has 0 aliphatic rings. The highest BCUT2D eigenvalue weighted by Gasteiger charge is 2.15. The minimum absolute atomic E-state index is 0.131. The lowest BCUT2D eigenvalue weighted by Gasteiger charge is -2.12. The van der Waals surface area contributed by atoms with Gasteiger partial charge in [-0.15, -0.1) is 5.10 Å². The number of hydrogen-bond donors (Lipinski definition) is 1. The number of carbonyl (C=O) groups excluding carboxylic acids is 1. The van der Waals surface area contributed by atoms with Crippen LogP contribution in [0.5, 0.6) is 0 Å². The van der Waals surface area contributed by atoms with Crippen molar-refractivity contribution in [1.82, 2.24) is 14.8 Å². The van der Waals surface area contributed by atoms with Crippen molar-refractivity contribution in [2.45, 2.75) is 23.5 Å². The Bertz CT molecular complexity index is 1180. The quantitative estimate of drug-likeness (QED) is 0.380. The van der Waals surface area contributed by atoms with E-state index in [0.29, 0.717) is 16.8 Å². The highest BCUT2D eigenvalue weighted by molar-refractivity contribution is 9.10. The number of rotatable bonds is 6. The molecule has 0 saturated carbocycles. The molecule has 0 bridgehead atoms. The van der Waals surface area contributed by atoms with Crippen LogP contribution in [0.3, 0.4) is 0 Å². The zero-order valence-electron chi connectivity index (χ0n) is 16.2. The Morgan fingerprint density at radius 2 is 1.70 bits per heavy atom. The Balaban J connectivity index is 1.58. The molecular weight excluding hydrogens is 460 g/mol. The molecule has 0 aliphatic carbocycles. The van der Waals surface area contributed by atoms with Crippen molar-refractivity contribution in [3.63, 3.8) is 0 Å². The molecule has 3 aromatic carbocycles. The molecule has 1 aromatic heterocycles. The summed E-state index contributed by atoms with van der Waals surface area (Å²) in [5, 5.41) is 8.24. The Hall–Kier alpha value is -2.90. The van der Waals surface area contributed by atoms with E-state index in [1.807, 2.05) is 78.3 Å². The molecule has 1 amide bonds. The van der Waals surface area contributed by atoms with Gasteiger partial charge in [0.15, 0.2) is 5.16 Å². The fourth-order valence-corrected chi connectivity index (χ4v) is 4.40. The number of anilines is 1. The summed E-state index contributed by atoms with van der Waals surface area (Å²) in [6.45, 7) is 2.54. The second-order valence-electron chi connectivity index (χ2n) is 6.67. The molecule has 0 spiro atoms. The van der Waals surface area contributed by atoms with Gasteiger partial charge < -0.3 is 5.32 Å². The summed E-state index contributed by atoms with van der Waals surface area (Å²) in [6.07, 6.45) is 0. The van der Waals surface area contributed by atoms with Gasteiger partial charge in [-0.2, -0.15) is 4.98 Å². The number of hydrogen-bond acceptors (Lipinski definition) is 4. The van der Waals surface area contributed by atoms with E-state index in [-0.39, 0.29) is 5.91 Å². The van der Waals surface area contributed by atoms with E-state index in [0.717, 1.165) is 26.9 Å². The molecule has 30 heavy (non-hydrogen) atoms. The minimum Gasteiger partial charge on any atom is -0.321 e. The molecule has 4 aromatic rings. The van der Waals surface area contributed by atoms with E-state index >= 15 is 0 Å². The molecule has 0 fully saturated rings. The fourth-order valence-electron chi connectivity index (χ4n) is 3.01. The molecule has 5 nitrogen and oxygen atoms in total. The summed E-state index contributed by atoms with van der Waals surface area (Å²) in [5.74, 6) is -0.131. The highest BCUT2D eigenvalue weighted by Crippen LogP contribution is 2.33. The van der Waals surface area contributed by atoms with Gasteiger partial charge in [-0.25, -0.2) is 4.68 Å². The molecule has 0 saturated heterocycles. The van der Waals surface area contributed by atoms with Crippen LogP contribution >= 0.6 is 27.7 Å². The van der Waals surface area contributed by atoms with E-state index in [1.165, 1.54) is 11.8 Å². The predicted octanol–water partition coefficient (Wildman–Crippen LogP) is 5.80. The molecule has 0 atom stereocenters. The van der Waals surface area contributed by atoms with Crippen LogP contribution < -0.4 is 5.32 Å². The van der Waals surface area contributed by atoms with E-state index < -0.39 is 0 Å². The van der Waals surface area contributed by atoms with Gasteiger partial charge in [0.05, 0.1) is 12.2 Å². The number of para-hydroxylation sites is 1. The molecule has 0 radical (unpaired) electrons. The first-order valence-corrected chi connectivity index (χ1v) is 11.0. The molecular formula is C23H19BrN4OS. The summed E-state index contributed by atoms with van der Waals surface area (Å²) >= 11 is 4.85. The second kappa shape index (κ2) is 9.28. The van der Waals surface area contributed by atoms with E-state index in [4.69, 9.17) is 0 Å². The predicted molar refractivity (Wildman–Crippen MR) is 123 cm³/mol. The SMILES string of the molecule is Cc1ccccc1C(=O)Nc1ccccc1Sc1nc(Br)nn1Cc1ccccc1. The average molecular weight is 479 g/mol. The molecule has 1 N–H and O–H groups in total. The first-order valence-electron chi connectivity index (χ1n) is 9.38. The van der Waals surface area contributed by atoms with Gasteiger partial charge in [0, 0.05) is 10.5 Å². The zero-order chi connectivity index (χ0) is 20.9. The van der Waals surface area contributed by atoms with Crippen LogP contribution in [0.1, 0.15) is 21.5 Å². The van der Waals surface area contributed by atoms with Crippen LogP contribution in [0.25, 0.3) is 0 Å². The minimum atomic E-state index is -0.131. The number of nitrogens with one attached hydrogen (secondary N) is 1. The maximum Gasteiger partial charge on any atom is 0.255 e. The van der Waals surface area contributed by atoms with Crippen molar-refractivity contribution in [2.75, 3.05) is 5.32 Å². The lowest BCUT2D eigenvalue weighted by Crippen LogP contribution is -2.13. The molecule has 0 aliphatic heterocycles. The van der Waals surface area contributed by atoms with Crippen LogP contribution in [-0.2, 0) is 6.54 Å². The highest BCUT2D eigenvalue weighted by atomic mass is 79.9. The monoisotopic (exact) mass is 478 g/mol. The number of carbonyl (C=O) groups is 1.